The van der Waals surface area contributed by atoms with Crippen LogP contribution in [0.3, 0.4) is 0 Å². The molecule has 0 aromatic heterocycles. The normalized spacial score (nSPS) is 19.9. The largest absolute Gasteiger partial charge is 0.326 e. The summed E-state index contributed by atoms with van der Waals surface area (Å²) >= 11 is 6.08. The average molecular weight is 343 g/mol. The monoisotopic (exact) mass is 342 g/mol. The fourth-order valence-corrected chi connectivity index (χ4v) is 4.78. The second-order valence-electron chi connectivity index (χ2n) is 5.87. The zero-order chi connectivity index (χ0) is 15.7. The molecule has 1 aromatic carbocycles. The van der Waals surface area contributed by atoms with Gasteiger partial charge in [0.05, 0.1) is 5.02 Å². The van der Waals surface area contributed by atoms with Gasteiger partial charge < -0.3 is 5.32 Å². The van der Waals surface area contributed by atoms with Crippen LogP contribution in [-0.2, 0) is 14.8 Å². The van der Waals surface area contributed by atoms with Crippen molar-refractivity contribution in [3.05, 3.63) is 23.2 Å². The molecule has 1 aromatic rings. The van der Waals surface area contributed by atoms with Crippen molar-refractivity contribution in [2.45, 2.75) is 37.0 Å². The Labute approximate surface area is 135 Å². The Morgan fingerprint density at radius 1 is 1.18 bits per heavy atom. The first kappa shape index (κ1) is 15.8. The predicted molar refractivity (Wildman–Crippen MR) is 85.4 cm³/mol. The van der Waals surface area contributed by atoms with E-state index in [0.29, 0.717) is 18.8 Å². The van der Waals surface area contributed by atoms with E-state index in [0.717, 1.165) is 32.1 Å². The molecule has 0 spiro atoms. The number of hydrogen-bond acceptors (Lipinski definition) is 3. The van der Waals surface area contributed by atoms with Crippen LogP contribution in [0.2, 0.25) is 5.02 Å². The maximum atomic E-state index is 12.6. The summed E-state index contributed by atoms with van der Waals surface area (Å²) in [6.07, 6.45) is 4.62. The van der Waals surface area contributed by atoms with Gasteiger partial charge in [0.15, 0.2) is 0 Å². The van der Waals surface area contributed by atoms with Crippen molar-refractivity contribution in [1.29, 1.82) is 0 Å². The molecule has 0 radical (unpaired) electrons. The summed E-state index contributed by atoms with van der Waals surface area (Å²) in [5.74, 6) is 0.00686. The van der Waals surface area contributed by atoms with Crippen molar-refractivity contribution in [3.8, 4) is 0 Å². The van der Waals surface area contributed by atoms with Crippen LogP contribution in [0.25, 0.3) is 0 Å². The minimum atomic E-state index is -3.59. The molecule has 1 aliphatic carbocycles. The zero-order valence-corrected chi connectivity index (χ0v) is 13.8. The van der Waals surface area contributed by atoms with Gasteiger partial charge in [0.2, 0.25) is 15.9 Å². The number of halogens is 1. The van der Waals surface area contributed by atoms with E-state index in [1.54, 1.807) is 6.07 Å². The maximum Gasteiger partial charge on any atom is 0.244 e. The Hall–Kier alpha value is -1.11. The lowest BCUT2D eigenvalue weighted by molar-refractivity contribution is -0.122. The highest BCUT2D eigenvalue weighted by Crippen LogP contribution is 2.31. The fourth-order valence-electron chi connectivity index (χ4n) is 2.76. The van der Waals surface area contributed by atoms with Crippen LogP contribution in [0, 0.1) is 5.92 Å². The Morgan fingerprint density at radius 2 is 1.86 bits per heavy atom. The molecule has 7 heteroatoms. The number of benzene rings is 1. The quantitative estimate of drug-likeness (QED) is 0.914. The van der Waals surface area contributed by atoms with Crippen LogP contribution in [0.15, 0.2) is 23.1 Å². The second kappa shape index (κ2) is 6.18. The van der Waals surface area contributed by atoms with Gasteiger partial charge in [-0.3, -0.25) is 4.79 Å². The Balaban J connectivity index is 1.84. The molecule has 1 N–H and O–H groups in total. The zero-order valence-electron chi connectivity index (χ0n) is 12.2. The molecule has 0 unspecified atom stereocenters. The minimum Gasteiger partial charge on any atom is -0.326 e. The van der Waals surface area contributed by atoms with Crippen LogP contribution in [0.1, 0.15) is 32.1 Å². The number of rotatable bonds is 4. The molecule has 5 nitrogen and oxygen atoms in total. The lowest BCUT2D eigenvalue weighted by Crippen LogP contribution is -2.29. The van der Waals surface area contributed by atoms with Crippen molar-refractivity contribution in [3.63, 3.8) is 0 Å². The van der Waals surface area contributed by atoms with E-state index in [9.17, 15) is 13.2 Å². The van der Waals surface area contributed by atoms with E-state index in [2.05, 4.69) is 5.32 Å². The van der Waals surface area contributed by atoms with Crippen molar-refractivity contribution >= 4 is 33.2 Å². The molecule has 1 saturated heterocycles. The van der Waals surface area contributed by atoms with Gasteiger partial charge in [-0.1, -0.05) is 18.0 Å². The SMILES string of the molecule is O=C(Nc1ccc(Cl)c(S(=O)(=O)N2CCCC2)c1)C1CCC1. The van der Waals surface area contributed by atoms with Crippen LogP contribution in [-0.4, -0.2) is 31.7 Å². The lowest BCUT2D eigenvalue weighted by atomic mass is 9.85. The predicted octanol–water partition coefficient (Wildman–Crippen LogP) is 2.86. The summed E-state index contributed by atoms with van der Waals surface area (Å²) in [6.45, 7) is 1.05. The molecule has 1 amide bonds. The van der Waals surface area contributed by atoms with E-state index in [4.69, 9.17) is 11.6 Å². The fraction of sp³-hybridized carbons (Fsp3) is 0.533. The summed E-state index contributed by atoms with van der Waals surface area (Å²) in [5.41, 5.74) is 0.485. The number of amides is 1. The van der Waals surface area contributed by atoms with E-state index in [-0.39, 0.29) is 21.7 Å². The molecule has 120 valence electrons. The molecular weight excluding hydrogens is 324 g/mol. The summed E-state index contributed by atoms with van der Waals surface area (Å²) in [7, 11) is -3.59. The Kier molecular flexibility index (Phi) is 4.43. The van der Waals surface area contributed by atoms with Crippen LogP contribution < -0.4 is 5.32 Å². The standard InChI is InChI=1S/C15H19ClN2O3S/c16-13-7-6-12(17-15(19)11-4-3-5-11)10-14(13)22(20,21)18-8-1-2-9-18/h6-7,10-11H,1-5,8-9H2,(H,17,19). The highest BCUT2D eigenvalue weighted by molar-refractivity contribution is 7.89. The van der Waals surface area contributed by atoms with Gasteiger partial charge in [0.1, 0.15) is 4.90 Å². The topological polar surface area (TPSA) is 66.5 Å². The van der Waals surface area contributed by atoms with Gasteiger partial charge in [-0.05, 0) is 43.9 Å². The Bertz CT molecular complexity index is 680. The van der Waals surface area contributed by atoms with Crippen molar-refractivity contribution in [2.24, 2.45) is 5.92 Å². The number of hydrogen-bond donors (Lipinski definition) is 1. The molecule has 2 aliphatic rings. The van der Waals surface area contributed by atoms with E-state index < -0.39 is 10.0 Å². The first-order chi connectivity index (χ1) is 10.5. The molecule has 2 fully saturated rings. The van der Waals surface area contributed by atoms with Gasteiger partial charge >= 0.3 is 0 Å². The lowest BCUT2D eigenvalue weighted by Gasteiger charge is -2.24. The van der Waals surface area contributed by atoms with Crippen molar-refractivity contribution < 1.29 is 13.2 Å². The number of carbonyl (C=O) groups is 1. The summed E-state index contributed by atoms with van der Waals surface area (Å²) in [4.78, 5) is 12.1. The molecule has 1 saturated carbocycles. The minimum absolute atomic E-state index is 0.0434. The van der Waals surface area contributed by atoms with Crippen LogP contribution in [0.4, 0.5) is 5.69 Å². The first-order valence-electron chi connectivity index (χ1n) is 7.59. The third kappa shape index (κ3) is 3.00. The molecule has 0 atom stereocenters. The molecule has 1 aliphatic heterocycles. The summed E-state index contributed by atoms with van der Waals surface area (Å²) < 4.78 is 26.7. The highest BCUT2D eigenvalue weighted by Gasteiger charge is 2.30. The second-order valence-corrected chi connectivity index (χ2v) is 8.19. The number of nitrogens with one attached hydrogen (secondary N) is 1. The third-order valence-electron chi connectivity index (χ3n) is 4.36. The Morgan fingerprint density at radius 3 is 2.45 bits per heavy atom. The van der Waals surface area contributed by atoms with Gasteiger partial charge in [0, 0.05) is 24.7 Å². The number of sulfonamides is 1. The van der Waals surface area contributed by atoms with E-state index >= 15 is 0 Å². The molecule has 1 heterocycles. The summed E-state index contributed by atoms with van der Waals surface area (Å²) in [6, 6.07) is 4.63. The average Bonchev–Trinajstić information content (AvgIpc) is 2.93. The van der Waals surface area contributed by atoms with Crippen molar-refractivity contribution in [2.75, 3.05) is 18.4 Å². The first-order valence-corrected chi connectivity index (χ1v) is 9.41. The van der Waals surface area contributed by atoms with Gasteiger partial charge in [-0.15, -0.1) is 0 Å². The third-order valence-corrected chi connectivity index (χ3v) is 6.74. The van der Waals surface area contributed by atoms with Gasteiger partial charge in [-0.2, -0.15) is 4.31 Å². The molecule has 3 rings (SSSR count). The summed E-state index contributed by atoms with van der Waals surface area (Å²) in [5, 5.41) is 2.98. The van der Waals surface area contributed by atoms with E-state index in [1.807, 2.05) is 0 Å². The number of carbonyl (C=O) groups excluding carboxylic acids is 1. The number of anilines is 1. The van der Waals surface area contributed by atoms with Gasteiger partial charge in [-0.25, -0.2) is 8.42 Å². The van der Waals surface area contributed by atoms with E-state index in [1.165, 1.54) is 16.4 Å². The van der Waals surface area contributed by atoms with Crippen LogP contribution in [0.5, 0.6) is 0 Å². The highest BCUT2D eigenvalue weighted by atomic mass is 35.5. The smallest absolute Gasteiger partial charge is 0.244 e. The number of nitrogens with zero attached hydrogens (tertiary/aromatic N) is 1. The van der Waals surface area contributed by atoms with Gasteiger partial charge in [0.25, 0.3) is 0 Å². The van der Waals surface area contributed by atoms with Crippen LogP contribution >= 0.6 is 11.6 Å². The maximum absolute atomic E-state index is 12.6. The molecular formula is C15H19ClN2O3S. The molecule has 0 bridgehead atoms. The molecule has 22 heavy (non-hydrogen) atoms. The van der Waals surface area contributed by atoms with Crippen molar-refractivity contribution in [1.82, 2.24) is 4.31 Å².